The van der Waals surface area contributed by atoms with Crippen LogP contribution in [0.3, 0.4) is 0 Å². The normalized spacial score (nSPS) is 19.8. The zero-order chi connectivity index (χ0) is 20.0. The van der Waals surface area contributed by atoms with E-state index in [0.29, 0.717) is 0 Å². The van der Waals surface area contributed by atoms with Crippen molar-refractivity contribution in [3.8, 4) is 17.1 Å². The molecule has 0 spiro atoms. The number of para-hydroxylation sites is 1. The van der Waals surface area contributed by atoms with Crippen LogP contribution >= 0.6 is 0 Å². The number of ether oxygens (including phenoxy) is 2. The largest absolute Gasteiger partial charge is 0.497 e. The number of aromatic nitrogens is 4. The smallest absolute Gasteiger partial charge is 0.213 e. The molecule has 0 amide bonds. The molecule has 1 aliphatic rings. The first kappa shape index (κ1) is 17.9. The summed E-state index contributed by atoms with van der Waals surface area (Å²) < 4.78 is 13.3. The summed E-state index contributed by atoms with van der Waals surface area (Å²) in [7, 11) is 1.66. The highest BCUT2D eigenvalue weighted by Crippen LogP contribution is 2.30. The molecule has 1 saturated heterocycles. The maximum atomic E-state index is 5.94. The van der Waals surface area contributed by atoms with Crippen LogP contribution in [0.2, 0.25) is 0 Å². The lowest BCUT2D eigenvalue weighted by Crippen LogP contribution is -2.46. The monoisotopic (exact) mass is 389 g/mol. The van der Waals surface area contributed by atoms with E-state index in [1.165, 1.54) is 0 Å². The quantitative estimate of drug-likeness (QED) is 0.534. The van der Waals surface area contributed by atoms with Crippen LogP contribution < -0.4 is 9.64 Å². The fourth-order valence-corrected chi connectivity index (χ4v) is 4.05. The lowest BCUT2D eigenvalue weighted by Gasteiger charge is -2.36. The van der Waals surface area contributed by atoms with Crippen molar-refractivity contribution in [1.29, 1.82) is 0 Å². The van der Waals surface area contributed by atoms with E-state index in [-0.39, 0.29) is 12.2 Å². The average molecular weight is 389 g/mol. The number of morpholine rings is 1. The summed E-state index contributed by atoms with van der Waals surface area (Å²) in [4.78, 5) is 7.29. The third kappa shape index (κ3) is 3.07. The van der Waals surface area contributed by atoms with Crippen LogP contribution in [0.4, 0.5) is 5.95 Å². The van der Waals surface area contributed by atoms with E-state index in [0.717, 1.165) is 52.7 Å². The fraction of sp³-hybridized carbons (Fsp3) is 0.318. The summed E-state index contributed by atoms with van der Waals surface area (Å²) in [5.41, 5.74) is 2.68. The molecular formula is C22H23N5O2. The van der Waals surface area contributed by atoms with Crippen LogP contribution in [-0.4, -0.2) is 52.0 Å². The summed E-state index contributed by atoms with van der Waals surface area (Å²) >= 11 is 0. The lowest BCUT2D eigenvalue weighted by molar-refractivity contribution is -0.00576. The van der Waals surface area contributed by atoms with E-state index in [1.54, 1.807) is 7.11 Å². The molecule has 0 saturated carbocycles. The zero-order valence-electron chi connectivity index (χ0n) is 16.7. The Kier molecular flexibility index (Phi) is 4.32. The highest BCUT2D eigenvalue weighted by Gasteiger charge is 2.27. The van der Waals surface area contributed by atoms with Gasteiger partial charge in [-0.25, -0.2) is 9.38 Å². The molecule has 29 heavy (non-hydrogen) atoms. The average Bonchev–Trinajstić information content (AvgIpc) is 3.18. The molecule has 7 heteroatoms. The third-order valence-corrected chi connectivity index (χ3v) is 5.28. The van der Waals surface area contributed by atoms with Crippen molar-refractivity contribution in [2.45, 2.75) is 26.1 Å². The van der Waals surface area contributed by atoms with Crippen molar-refractivity contribution in [2.24, 2.45) is 0 Å². The minimum atomic E-state index is 0.128. The van der Waals surface area contributed by atoms with Crippen molar-refractivity contribution < 1.29 is 9.47 Å². The van der Waals surface area contributed by atoms with Gasteiger partial charge >= 0.3 is 0 Å². The number of nitrogens with zero attached hydrogens (tertiary/aromatic N) is 5. The lowest BCUT2D eigenvalue weighted by atomic mass is 10.2. The highest BCUT2D eigenvalue weighted by molar-refractivity contribution is 5.93. The maximum absolute atomic E-state index is 5.94. The van der Waals surface area contributed by atoms with Gasteiger partial charge in [-0.2, -0.15) is 0 Å². The molecule has 2 atom stereocenters. The number of hydrogen-bond acceptors (Lipinski definition) is 6. The van der Waals surface area contributed by atoms with Gasteiger partial charge in [0.25, 0.3) is 0 Å². The Morgan fingerprint density at radius 1 is 0.966 bits per heavy atom. The first-order valence-electron chi connectivity index (χ1n) is 9.83. The van der Waals surface area contributed by atoms with E-state index >= 15 is 0 Å². The molecule has 3 heterocycles. The zero-order valence-corrected chi connectivity index (χ0v) is 16.7. The Bertz CT molecular complexity index is 1160. The van der Waals surface area contributed by atoms with Crippen LogP contribution in [0.15, 0.2) is 48.5 Å². The van der Waals surface area contributed by atoms with Crippen LogP contribution in [-0.2, 0) is 4.74 Å². The van der Waals surface area contributed by atoms with Crippen molar-refractivity contribution in [3.63, 3.8) is 0 Å². The first-order valence-corrected chi connectivity index (χ1v) is 9.83. The van der Waals surface area contributed by atoms with Gasteiger partial charge in [0.2, 0.25) is 5.95 Å². The van der Waals surface area contributed by atoms with Gasteiger partial charge in [-0.05, 0) is 50.2 Å². The molecule has 148 valence electrons. The molecule has 0 bridgehead atoms. The van der Waals surface area contributed by atoms with Crippen molar-refractivity contribution in [2.75, 3.05) is 25.1 Å². The minimum Gasteiger partial charge on any atom is -0.497 e. The Morgan fingerprint density at radius 2 is 1.69 bits per heavy atom. The highest BCUT2D eigenvalue weighted by atomic mass is 16.5. The number of rotatable bonds is 3. The molecule has 1 aliphatic heterocycles. The van der Waals surface area contributed by atoms with Crippen molar-refractivity contribution in [1.82, 2.24) is 19.6 Å². The Hall–Kier alpha value is -3.19. The molecule has 2 unspecified atom stereocenters. The van der Waals surface area contributed by atoms with Gasteiger partial charge in [-0.1, -0.05) is 12.1 Å². The van der Waals surface area contributed by atoms with Gasteiger partial charge in [-0.15, -0.1) is 10.2 Å². The maximum Gasteiger partial charge on any atom is 0.213 e. The summed E-state index contributed by atoms with van der Waals surface area (Å²) in [6, 6.07) is 15.9. The van der Waals surface area contributed by atoms with E-state index in [2.05, 4.69) is 33.3 Å². The molecule has 1 fully saturated rings. The Labute approximate surface area is 168 Å². The number of anilines is 1. The summed E-state index contributed by atoms with van der Waals surface area (Å²) in [6.07, 6.45) is 0.256. The second-order valence-electron chi connectivity index (χ2n) is 7.50. The number of hydrogen-bond donors (Lipinski definition) is 0. The van der Waals surface area contributed by atoms with Crippen LogP contribution in [0.5, 0.6) is 5.75 Å². The standard InChI is InChI=1S/C22H23N5O2/c1-14-12-26(13-15(2)29-14)22-23-19-7-5-4-6-18(19)21-25-24-20(27(21)22)16-8-10-17(28-3)11-9-16/h4-11,14-15H,12-13H2,1-3H3. The molecule has 2 aromatic heterocycles. The topological polar surface area (TPSA) is 64.8 Å². The second-order valence-corrected chi connectivity index (χ2v) is 7.50. The van der Waals surface area contributed by atoms with Gasteiger partial charge in [-0.3, -0.25) is 0 Å². The van der Waals surface area contributed by atoms with Crippen molar-refractivity contribution >= 4 is 22.5 Å². The summed E-state index contributed by atoms with van der Waals surface area (Å²) in [5.74, 6) is 2.42. The SMILES string of the molecule is COc1ccc(-c2nnc3c4ccccc4nc(N4CC(C)OC(C)C4)n23)cc1. The van der Waals surface area contributed by atoms with Gasteiger partial charge in [0.05, 0.1) is 24.8 Å². The van der Waals surface area contributed by atoms with E-state index < -0.39 is 0 Å². The summed E-state index contributed by atoms with van der Waals surface area (Å²) in [5, 5.41) is 10.1. The molecule has 0 radical (unpaired) electrons. The van der Waals surface area contributed by atoms with E-state index in [9.17, 15) is 0 Å². The Morgan fingerprint density at radius 3 is 2.41 bits per heavy atom. The van der Waals surface area contributed by atoms with E-state index in [4.69, 9.17) is 14.5 Å². The van der Waals surface area contributed by atoms with Gasteiger partial charge in [0.15, 0.2) is 11.5 Å². The molecular weight excluding hydrogens is 366 g/mol. The second kappa shape index (κ2) is 7.00. The van der Waals surface area contributed by atoms with E-state index in [1.807, 2.05) is 48.5 Å². The molecule has 4 aromatic rings. The van der Waals surface area contributed by atoms with Crippen LogP contribution in [0.1, 0.15) is 13.8 Å². The van der Waals surface area contributed by atoms with Crippen molar-refractivity contribution in [3.05, 3.63) is 48.5 Å². The number of benzene rings is 2. The molecule has 0 aliphatic carbocycles. The molecule has 0 N–H and O–H groups in total. The fourth-order valence-electron chi connectivity index (χ4n) is 4.05. The Balaban J connectivity index is 1.75. The number of fused-ring (bicyclic) bond motifs is 3. The first-order chi connectivity index (χ1) is 14.1. The van der Waals surface area contributed by atoms with Gasteiger partial charge < -0.3 is 14.4 Å². The molecule has 2 aromatic carbocycles. The minimum absolute atomic E-state index is 0.128. The van der Waals surface area contributed by atoms with Crippen LogP contribution in [0.25, 0.3) is 27.9 Å². The molecule has 5 rings (SSSR count). The summed E-state index contributed by atoms with van der Waals surface area (Å²) in [6.45, 7) is 5.73. The predicted octanol–water partition coefficient (Wildman–Crippen LogP) is 3.57. The van der Waals surface area contributed by atoms with Crippen LogP contribution in [0, 0.1) is 0 Å². The third-order valence-electron chi connectivity index (χ3n) is 5.28. The predicted molar refractivity (Wildman–Crippen MR) is 112 cm³/mol. The van der Waals surface area contributed by atoms with Gasteiger partial charge in [0.1, 0.15) is 5.75 Å². The molecule has 7 nitrogen and oxygen atoms in total. The number of methoxy groups -OCH3 is 1. The van der Waals surface area contributed by atoms with Gasteiger partial charge in [0, 0.05) is 24.0 Å².